The normalized spacial score (nSPS) is 14.4. The van der Waals surface area contributed by atoms with Crippen LogP contribution < -0.4 is 15.4 Å². The van der Waals surface area contributed by atoms with Crippen LogP contribution in [0.4, 0.5) is 0 Å². The highest BCUT2D eigenvalue weighted by atomic mass is 16.5. The van der Waals surface area contributed by atoms with Crippen molar-refractivity contribution >= 4 is 5.91 Å². The number of carbonyl (C=O) groups excluding carboxylic acids is 1. The van der Waals surface area contributed by atoms with Crippen molar-refractivity contribution in [3.8, 4) is 5.75 Å². The van der Waals surface area contributed by atoms with Crippen molar-refractivity contribution in [1.29, 1.82) is 0 Å². The highest BCUT2D eigenvalue weighted by molar-refractivity contribution is 5.82. The van der Waals surface area contributed by atoms with E-state index in [1.807, 2.05) is 52.0 Å². The first-order chi connectivity index (χ1) is 9.78. The molecule has 0 radical (unpaired) electrons. The van der Waals surface area contributed by atoms with Gasteiger partial charge in [0.2, 0.25) is 5.91 Å². The van der Waals surface area contributed by atoms with E-state index in [1.165, 1.54) is 0 Å². The van der Waals surface area contributed by atoms with Gasteiger partial charge in [-0.05, 0) is 40.2 Å². The van der Waals surface area contributed by atoms with E-state index in [4.69, 9.17) is 4.74 Å². The highest BCUT2D eigenvalue weighted by Crippen LogP contribution is 2.27. The first-order valence-electron chi connectivity index (χ1n) is 7.49. The van der Waals surface area contributed by atoms with Crippen LogP contribution in [0.1, 0.15) is 52.6 Å². The molecule has 0 spiro atoms. The number of para-hydroxylation sites is 1. The Morgan fingerprint density at radius 3 is 2.43 bits per heavy atom. The van der Waals surface area contributed by atoms with Crippen molar-refractivity contribution in [1.82, 2.24) is 10.6 Å². The number of carbonyl (C=O) groups is 1. The Morgan fingerprint density at radius 1 is 1.29 bits per heavy atom. The summed E-state index contributed by atoms with van der Waals surface area (Å²) in [7, 11) is 1.67. The maximum Gasteiger partial charge on any atom is 0.237 e. The number of ether oxygens (including phenoxy) is 1. The Kier molecular flexibility index (Phi) is 6.21. The van der Waals surface area contributed by atoms with Crippen LogP contribution >= 0.6 is 0 Å². The van der Waals surface area contributed by atoms with Gasteiger partial charge in [-0.25, -0.2) is 0 Å². The van der Waals surface area contributed by atoms with E-state index in [-0.39, 0.29) is 23.5 Å². The Hall–Kier alpha value is -1.55. The molecule has 1 rings (SSSR count). The Bertz CT molecular complexity index is 466. The van der Waals surface area contributed by atoms with E-state index in [0.717, 1.165) is 17.7 Å². The number of methoxy groups -OCH3 is 1. The second-order valence-corrected chi connectivity index (χ2v) is 6.33. The van der Waals surface area contributed by atoms with E-state index < -0.39 is 0 Å². The van der Waals surface area contributed by atoms with Crippen LogP contribution in [0.25, 0.3) is 0 Å². The summed E-state index contributed by atoms with van der Waals surface area (Å²) in [6.07, 6.45) is 0.882. The molecule has 4 heteroatoms. The third kappa shape index (κ3) is 5.38. The predicted octanol–water partition coefficient (Wildman–Crippen LogP) is 3.04. The standard InChI is InChI=1S/C17H28N2O2/c1-7-14(13-10-8-9-11-15(13)21-6)18-12(2)16(20)19-17(3,4)5/h8-12,14,18H,7H2,1-6H3,(H,19,20). The average Bonchev–Trinajstić information content (AvgIpc) is 2.42. The van der Waals surface area contributed by atoms with Crippen LogP contribution in [0.15, 0.2) is 24.3 Å². The van der Waals surface area contributed by atoms with E-state index in [9.17, 15) is 4.79 Å². The minimum atomic E-state index is -0.265. The molecule has 1 aromatic carbocycles. The third-order valence-electron chi connectivity index (χ3n) is 3.27. The van der Waals surface area contributed by atoms with Gasteiger partial charge in [-0.1, -0.05) is 25.1 Å². The summed E-state index contributed by atoms with van der Waals surface area (Å²) in [4.78, 5) is 12.2. The lowest BCUT2D eigenvalue weighted by Crippen LogP contribution is -2.50. The molecule has 0 saturated heterocycles. The number of benzene rings is 1. The molecule has 2 unspecified atom stereocenters. The SMILES string of the molecule is CCC(NC(C)C(=O)NC(C)(C)C)c1ccccc1OC. The fourth-order valence-electron chi connectivity index (χ4n) is 2.24. The number of rotatable bonds is 6. The Morgan fingerprint density at radius 2 is 1.90 bits per heavy atom. The second kappa shape index (κ2) is 7.46. The molecule has 0 heterocycles. The van der Waals surface area contributed by atoms with Crippen LogP contribution in [0.2, 0.25) is 0 Å². The smallest absolute Gasteiger partial charge is 0.237 e. The molecule has 118 valence electrons. The summed E-state index contributed by atoms with van der Waals surface area (Å²) in [5.74, 6) is 0.858. The Labute approximate surface area is 128 Å². The molecule has 1 aromatic rings. The van der Waals surface area contributed by atoms with Gasteiger partial charge in [-0.3, -0.25) is 10.1 Å². The van der Waals surface area contributed by atoms with Crippen molar-refractivity contribution in [2.45, 2.75) is 58.7 Å². The van der Waals surface area contributed by atoms with E-state index in [0.29, 0.717) is 0 Å². The maximum atomic E-state index is 12.2. The molecular formula is C17H28N2O2. The topological polar surface area (TPSA) is 50.4 Å². The van der Waals surface area contributed by atoms with Crippen LogP contribution in [-0.2, 0) is 4.79 Å². The first kappa shape index (κ1) is 17.5. The van der Waals surface area contributed by atoms with Gasteiger partial charge < -0.3 is 10.1 Å². The summed E-state index contributed by atoms with van der Waals surface area (Å²) in [5, 5.41) is 6.38. The van der Waals surface area contributed by atoms with Crippen LogP contribution in [0, 0.1) is 0 Å². The number of hydrogen-bond acceptors (Lipinski definition) is 3. The van der Waals surface area contributed by atoms with Gasteiger partial charge in [-0.15, -0.1) is 0 Å². The number of hydrogen-bond donors (Lipinski definition) is 2. The van der Waals surface area contributed by atoms with Gasteiger partial charge in [-0.2, -0.15) is 0 Å². The number of nitrogens with one attached hydrogen (secondary N) is 2. The van der Waals surface area contributed by atoms with E-state index in [2.05, 4.69) is 17.6 Å². The van der Waals surface area contributed by atoms with Gasteiger partial charge in [0.1, 0.15) is 5.75 Å². The third-order valence-corrected chi connectivity index (χ3v) is 3.27. The molecule has 0 fully saturated rings. The lowest BCUT2D eigenvalue weighted by Gasteiger charge is -2.27. The molecule has 2 N–H and O–H groups in total. The molecule has 0 bridgehead atoms. The van der Waals surface area contributed by atoms with E-state index >= 15 is 0 Å². The van der Waals surface area contributed by atoms with Gasteiger partial charge in [0.25, 0.3) is 0 Å². The minimum absolute atomic E-state index is 0.0100. The monoisotopic (exact) mass is 292 g/mol. The van der Waals surface area contributed by atoms with E-state index in [1.54, 1.807) is 7.11 Å². The van der Waals surface area contributed by atoms with Crippen LogP contribution in [-0.4, -0.2) is 24.6 Å². The lowest BCUT2D eigenvalue weighted by atomic mass is 10.0. The van der Waals surface area contributed by atoms with Crippen LogP contribution in [0.3, 0.4) is 0 Å². The van der Waals surface area contributed by atoms with Crippen molar-refractivity contribution < 1.29 is 9.53 Å². The first-order valence-corrected chi connectivity index (χ1v) is 7.49. The zero-order chi connectivity index (χ0) is 16.0. The molecule has 1 amide bonds. The minimum Gasteiger partial charge on any atom is -0.496 e. The average molecular weight is 292 g/mol. The molecule has 21 heavy (non-hydrogen) atoms. The fourth-order valence-corrected chi connectivity index (χ4v) is 2.24. The largest absolute Gasteiger partial charge is 0.496 e. The zero-order valence-corrected chi connectivity index (χ0v) is 14.0. The molecule has 0 aromatic heterocycles. The summed E-state index contributed by atoms with van der Waals surface area (Å²) >= 11 is 0. The Balaban J connectivity index is 2.80. The van der Waals surface area contributed by atoms with Crippen LogP contribution in [0.5, 0.6) is 5.75 Å². The van der Waals surface area contributed by atoms with Gasteiger partial charge >= 0.3 is 0 Å². The molecule has 4 nitrogen and oxygen atoms in total. The van der Waals surface area contributed by atoms with Crippen molar-refractivity contribution in [2.75, 3.05) is 7.11 Å². The molecule has 0 aliphatic rings. The lowest BCUT2D eigenvalue weighted by molar-refractivity contribution is -0.124. The zero-order valence-electron chi connectivity index (χ0n) is 14.0. The van der Waals surface area contributed by atoms with Crippen molar-refractivity contribution in [2.24, 2.45) is 0 Å². The van der Waals surface area contributed by atoms with Crippen molar-refractivity contribution in [3.63, 3.8) is 0 Å². The van der Waals surface area contributed by atoms with Gasteiger partial charge in [0.15, 0.2) is 0 Å². The van der Waals surface area contributed by atoms with Gasteiger partial charge in [0.05, 0.1) is 13.2 Å². The summed E-state index contributed by atoms with van der Waals surface area (Å²) < 4.78 is 5.41. The second-order valence-electron chi connectivity index (χ2n) is 6.33. The number of amides is 1. The van der Waals surface area contributed by atoms with Crippen molar-refractivity contribution in [3.05, 3.63) is 29.8 Å². The summed E-state index contributed by atoms with van der Waals surface area (Å²) in [6, 6.07) is 7.74. The molecule has 0 aliphatic carbocycles. The summed E-state index contributed by atoms with van der Waals surface area (Å²) in [6.45, 7) is 9.93. The van der Waals surface area contributed by atoms with Gasteiger partial charge in [0, 0.05) is 17.1 Å². The molecular weight excluding hydrogens is 264 g/mol. The predicted molar refractivity (Wildman–Crippen MR) is 86.5 cm³/mol. The highest BCUT2D eigenvalue weighted by Gasteiger charge is 2.23. The fraction of sp³-hybridized carbons (Fsp3) is 0.588. The summed E-state index contributed by atoms with van der Waals surface area (Å²) in [5.41, 5.74) is 0.858. The molecule has 0 aliphatic heterocycles. The quantitative estimate of drug-likeness (QED) is 0.847. The maximum absolute atomic E-state index is 12.2. The molecule has 2 atom stereocenters. The molecule has 0 saturated carbocycles.